The molecule has 152 valence electrons. The number of para-hydroxylation sites is 1. The van der Waals surface area contributed by atoms with E-state index in [1.54, 1.807) is 30.5 Å². The summed E-state index contributed by atoms with van der Waals surface area (Å²) in [6, 6.07) is 8.45. The number of hydrogen-bond donors (Lipinski definition) is 1. The number of rotatable bonds is 5. The molecular weight excluding hydrogens is 403 g/mol. The Morgan fingerprint density at radius 1 is 1.17 bits per heavy atom. The fourth-order valence-corrected chi connectivity index (χ4v) is 4.27. The summed E-state index contributed by atoms with van der Waals surface area (Å²) < 4.78 is 41.2. The van der Waals surface area contributed by atoms with E-state index < -0.39 is 12.0 Å². The molecule has 3 aromatic rings. The third-order valence-corrected chi connectivity index (χ3v) is 5.76. The summed E-state index contributed by atoms with van der Waals surface area (Å²) in [4.78, 5) is 19.7. The minimum atomic E-state index is -4.66. The maximum Gasteiger partial charge on any atom is 0.451 e. The van der Waals surface area contributed by atoms with Gasteiger partial charge in [0.25, 0.3) is 0 Å². The minimum absolute atomic E-state index is 0.0752. The first-order chi connectivity index (χ1) is 13.9. The van der Waals surface area contributed by atoms with Gasteiger partial charge in [-0.1, -0.05) is 42.8 Å². The molecule has 1 aliphatic carbocycles. The highest BCUT2D eigenvalue weighted by Crippen LogP contribution is 2.33. The second-order valence-electron chi connectivity index (χ2n) is 6.80. The molecule has 1 saturated carbocycles. The first-order valence-electron chi connectivity index (χ1n) is 9.22. The molecular formula is C19H18F3N5OS. The smallest absolute Gasteiger partial charge is 0.310 e. The van der Waals surface area contributed by atoms with E-state index in [0.717, 1.165) is 37.4 Å². The number of amides is 1. The van der Waals surface area contributed by atoms with Crippen molar-refractivity contribution >= 4 is 34.4 Å². The molecule has 29 heavy (non-hydrogen) atoms. The monoisotopic (exact) mass is 421 g/mol. The summed E-state index contributed by atoms with van der Waals surface area (Å²) in [5.41, 5.74) is 0.192. The molecule has 0 aliphatic heterocycles. The second kappa shape index (κ2) is 8.02. The number of nitrogens with zero attached hydrogens (tertiary/aromatic N) is 4. The quantitative estimate of drug-likeness (QED) is 0.478. The number of benzene rings is 1. The Kier molecular flexibility index (Phi) is 5.44. The molecule has 0 unspecified atom stereocenters. The molecule has 1 fully saturated rings. The van der Waals surface area contributed by atoms with Gasteiger partial charge in [0.15, 0.2) is 0 Å². The van der Waals surface area contributed by atoms with Gasteiger partial charge in [-0.15, -0.1) is 0 Å². The molecule has 6 nitrogen and oxygen atoms in total. The summed E-state index contributed by atoms with van der Waals surface area (Å²) in [6.07, 6.45) is 1.29. The Bertz CT molecular complexity index is 1030. The molecule has 1 N–H and O–H groups in total. The van der Waals surface area contributed by atoms with Gasteiger partial charge < -0.3 is 5.32 Å². The van der Waals surface area contributed by atoms with Gasteiger partial charge in [0.2, 0.25) is 11.7 Å². The van der Waals surface area contributed by atoms with Crippen LogP contribution in [0.1, 0.15) is 37.5 Å². The third kappa shape index (κ3) is 4.36. The third-order valence-electron chi connectivity index (χ3n) is 4.77. The largest absolute Gasteiger partial charge is 0.451 e. The van der Waals surface area contributed by atoms with Gasteiger partial charge in [0.1, 0.15) is 10.8 Å². The maximum absolute atomic E-state index is 13.1. The molecule has 10 heteroatoms. The lowest BCUT2D eigenvalue weighted by Gasteiger charge is -2.14. The fraction of sp³-hybridized carbons (Fsp3) is 0.368. The van der Waals surface area contributed by atoms with Crippen LogP contribution in [0.4, 0.5) is 19.0 Å². The van der Waals surface area contributed by atoms with Gasteiger partial charge >= 0.3 is 6.18 Å². The van der Waals surface area contributed by atoms with E-state index in [1.165, 1.54) is 6.07 Å². The Hall–Kier alpha value is -2.62. The van der Waals surface area contributed by atoms with E-state index in [1.807, 2.05) is 4.68 Å². The van der Waals surface area contributed by atoms with Crippen LogP contribution in [0.2, 0.25) is 0 Å². The predicted molar refractivity (Wildman–Crippen MR) is 104 cm³/mol. The highest BCUT2D eigenvalue weighted by atomic mass is 32.2. The molecule has 4 rings (SSSR count). The Balaban J connectivity index is 1.50. The number of alkyl halides is 3. The number of carbonyl (C=O) groups excluding carboxylic acids is 1. The van der Waals surface area contributed by atoms with Crippen molar-refractivity contribution in [2.24, 2.45) is 0 Å². The molecule has 1 aliphatic rings. The van der Waals surface area contributed by atoms with Crippen molar-refractivity contribution in [1.82, 2.24) is 19.7 Å². The van der Waals surface area contributed by atoms with Gasteiger partial charge in [-0.25, -0.2) is 14.6 Å². The van der Waals surface area contributed by atoms with Gasteiger partial charge in [0.05, 0.1) is 23.5 Å². The standard InChI is InChI=1S/C19H18F3N5OS/c20-19(21,22)18-24-14-8-4-3-7-13(14)17(26-18)29-11-16(28)25-15-9-10-23-27(15)12-5-1-2-6-12/h3-4,7-10,12H,1-2,5-6,11H2,(H,25,28). The highest BCUT2D eigenvalue weighted by Gasteiger charge is 2.35. The summed E-state index contributed by atoms with van der Waals surface area (Å²) in [5.74, 6) is -1.01. The number of thioether (sulfide) groups is 1. The van der Waals surface area contributed by atoms with Crippen LogP contribution in [-0.2, 0) is 11.0 Å². The van der Waals surface area contributed by atoms with Crippen LogP contribution in [0, 0.1) is 0 Å². The maximum atomic E-state index is 13.1. The molecule has 1 amide bonds. The van der Waals surface area contributed by atoms with Crippen molar-refractivity contribution in [2.75, 3.05) is 11.1 Å². The van der Waals surface area contributed by atoms with E-state index in [9.17, 15) is 18.0 Å². The lowest BCUT2D eigenvalue weighted by molar-refractivity contribution is -0.145. The topological polar surface area (TPSA) is 72.7 Å². The van der Waals surface area contributed by atoms with Gasteiger partial charge in [-0.3, -0.25) is 4.79 Å². The van der Waals surface area contributed by atoms with E-state index in [0.29, 0.717) is 11.2 Å². The highest BCUT2D eigenvalue weighted by molar-refractivity contribution is 8.00. The number of halogens is 3. The number of fused-ring (bicyclic) bond motifs is 1. The minimum Gasteiger partial charge on any atom is -0.310 e. The van der Waals surface area contributed by atoms with Crippen LogP contribution in [0.15, 0.2) is 41.6 Å². The molecule has 0 radical (unpaired) electrons. The normalized spacial score (nSPS) is 15.1. The molecule has 0 atom stereocenters. The van der Waals surface area contributed by atoms with Gasteiger partial charge in [-0.05, 0) is 18.9 Å². The molecule has 1 aromatic carbocycles. The number of carbonyl (C=O) groups is 1. The zero-order valence-electron chi connectivity index (χ0n) is 15.3. The van der Waals surface area contributed by atoms with Crippen LogP contribution < -0.4 is 5.32 Å². The summed E-state index contributed by atoms with van der Waals surface area (Å²) in [7, 11) is 0. The second-order valence-corrected chi connectivity index (χ2v) is 7.77. The molecule has 2 aromatic heterocycles. The van der Waals surface area contributed by atoms with Crippen molar-refractivity contribution in [3.8, 4) is 0 Å². The zero-order valence-corrected chi connectivity index (χ0v) is 16.1. The summed E-state index contributed by atoms with van der Waals surface area (Å²) in [5, 5.41) is 7.71. The Morgan fingerprint density at radius 3 is 2.69 bits per heavy atom. The molecule has 0 spiro atoms. The average molecular weight is 421 g/mol. The fourth-order valence-electron chi connectivity index (χ4n) is 3.45. The lowest BCUT2D eigenvalue weighted by atomic mass is 10.2. The van der Waals surface area contributed by atoms with Crippen LogP contribution in [0.5, 0.6) is 0 Å². The Morgan fingerprint density at radius 2 is 1.93 bits per heavy atom. The SMILES string of the molecule is O=C(CSc1nc(C(F)(F)F)nc2ccccc12)Nc1ccnn1C1CCCC1. The summed E-state index contributed by atoms with van der Waals surface area (Å²) >= 11 is 0.955. The zero-order chi connectivity index (χ0) is 20.4. The van der Waals surface area contributed by atoms with E-state index >= 15 is 0 Å². The van der Waals surface area contributed by atoms with E-state index in [-0.39, 0.29) is 28.2 Å². The van der Waals surface area contributed by atoms with Crippen molar-refractivity contribution in [2.45, 2.75) is 42.9 Å². The van der Waals surface area contributed by atoms with Crippen LogP contribution in [0.25, 0.3) is 10.9 Å². The number of nitrogens with one attached hydrogen (secondary N) is 1. The van der Waals surface area contributed by atoms with E-state index in [4.69, 9.17) is 0 Å². The first-order valence-corrected chi connectivity index (χ1v) is 10.2. The van der Waals surface area contributed by atoms with Gasteiger partial charge in [0, 0.05) is 11.5 Å². The number of anilines is 1. The molecule has 0 bridgehead atoms. The predicted octanol–water partition coefficient (Wildman–Crippen LogP) is 4.69. The summed E-state index contributed by atoms with van der Waals surface area (Å²) in [6.45, 7) is 0. The van der Waals surface area contributed by atoms with Crippen molar-refractivity contribution in [1.29, 1.82) is 0 Å². The molecule has 2 heterocycles. The van der Waals surface area contributed by atoms with Crippen LogP contribution in [0.3, 0.4) is 0 Å². The van der Waals surface area contributed by atoms with Crippen molar-refractivity contribution in [3.63, 3.8) is 0 Å². The number of aromatic nitrogens is 4. The van der Waals surface area contributed by atoms with Gasteiger partial charge in [-0.2, -0.15) is 18.3 Å². The Labute approximate surface area is 168 Å². The molecule has 0 saturated heterocycles. The van der Waals surface area contributed by atoms with Crippen molar-refractivity contribution in [3.05, 3.63) is 42.4 Å². The van der Waals surface area contributed by atoms with Crippen LogP contribution >= 0.6 is 11.8 Å². The van der Waals surface area contributed by atoms with Crippen LogP contribution in [-0.4, -0.2) is 31.4 Å². The van der Waals surface area contributed by atoms with E-state index in [2.05, 4.69) is 20.4 Å². The number of hydrogen-bond acceptors (Lipinski definition) is 5. The first kappa shape index (κ1) is 19.7. The van der Waals surface area contributed by atoms with Crippen molar-refractivity contribution < 1.29 is 18.0 Å². The lowest BCUT2D eigenvalue weighted by Crippen LogP contribution is -2.19. The average Bonchev–Trinajstić information content (AvgIpc) is 3.36.